The molecule has 0 aromatic carbocycles. The van der Waals surface area contributed by atoms with E-state index in [-0.39, 0.29) is 0 Å². The summed E-state index contributed by atoms with van der Waals surface area (Å²) in [5, 5.41) is 9.91. The molecular formula is C12H17BrN4S. The number of likely N-dealkylation sites (N-methyl/N-ethyl adjacent to an activating group) is 1. The van der Waals surface area contributed by atoms with Gasteiger partial charge in [0.05, 0.1) is 3.79 Å². The van der Waals surface area contributed by atoms with Gasteiger partial charge in [0.25, 0.3) is 0 Å². The third-order valence-corrected chi connectivity index (χ3v) is 4.35. The molecule has 6 heteroatoms. The number of halogens is 1. The molecule has 2 rings (SSSR count). The topological polar surface area (TPSA) is 42.7 Å². The monoisotopic (exact) mass is 328 g/mol. The van der Waals surface area contributed by atoms with E-state index in [1.165, 1.54) is 5.56 Å². The number of nitrogens with one attached hydrogen (secondary N) is 1. The summed E-state index contributed by atoms with van der Waals surface area (Å²) in [7, 11) is 0. The van der Waals surface area contributed by atoms with Crippen molar-refractivity contribution in [3.8, 4) is 0 Å². The van der Waals surface area contributed by atoms with Crippen molar-refractivity contribution in [3.05, 3.63) is 32.9 Å². The van der Waals surface area contributed by atoms with Crippen molar-refractivity contribution in [2.24, 2.45) is 0 Å². The molecule has 0 saturated heterocycles. The van der Waals surface area contributed by atoms with E-state index in [1.807, 2.05) is 4.68 Å². The van der Waals surface area contributed by atoms with Gasteiger partial charge in [-0.15, -0.1) is 11.3 Å². The van der Waals surface area contributed by atoms with E-state index in [0.717, 1.165) is 29.1 Å². The lowest BCUT2D eigenvalue weighted by Crippen LogP contribution is -2.24. The van der Waals surface area contributed by atoms with Crippen LogP contribution in [0.1, 0.15) is 31.3 Å². The summed E-state index contributed by atoms with van der Waals surface area (Å²) in [6, 6.07) is 2.47. The number of aromatic nitrogens is 3. The molecule has 2 aromatic heterocycles. The van der Waals surface area contributed by atoms with Crippen LogP contribution in [0.5, 0.6) is 0 Å². The van der Waals surface area contributed by atoms with Crippen molar-refractivity contribution in [2.75, 3.05) is 6.54 Å². The van der Waals surface area contributed by atoms with Crippen molar-refractivity contribution < 1.29 is 0 Å². The maximum Gasteiger partial charge on any atom is 0.138 e. The maximum atomic E-state index is 4.34. The Morgan fingerprint density at radius 3 is 2.94 bits per heavy atom. The number of thiophene rings is 1. The van der Waals surface area contributed by atoms with Crippen LogP contribution in [0.4, 0.5) is 0 Å². The number of aryl methyl sites for hydroxylation is 1. The van der Waals surface area contributed by atoms with Gasteiger partial charge in [-0.2, -0.15) is 5.10 Å². The Balaban J connectivity index is 2.16. The second-order valence-corrected chi connectivity index (χ2v) is 6.28. The van der Waals surface area contributed by atoms with Crippen molar-refractivity contribution >= 4 is 27.3 Å². The second-order valence-electron chi connectivity index (χ2n) is 3.99. The summed E-state index contributed by atoms with van der Waals surface area (Å²) in [6.45, 7) is 6.01. The Hall–Kier alpha value is -0.720. The fraction of sp³-hybridized carbons (Fsp3) is 0.500. The van der Waals surface area contributed by atoms with Crippen LogP contribution in [0.3, 0.4) is 0 Å². The SMILES string of the molecule is CCNC(Cc1ncnn1CC)c1csc(Br)c1. The molecule has 0 saturated carbocycles. The molecule has 2 heterocycles. The number of nitrogens with zero attached hydrogens (tertiary/aromatic N) is 3. The van der Waals surface area contributed by atoms with Gasteiger partial charge in [0, 0.05) is 19.0 Å². The first-order valence-electron chi connectivity index (χ1n) is 6.08. The van der Waals surface area contributed by atoms with Crippen LogP contribution in [0.25, 0.3) is 0 Å². The van der Waals surface area contributed by atoms with Gasteiger partial charge in [0.15, 0.2) is 0 Å². The Bertz CT molecular complexity index is 494. The largest absolute Gasteiger partial charge is 0.310 e. The molecule has 1 atom stereocenters. The minimum absolute atomic E-state index is 0.298. The van der Waals surface area contributed by atoms with E-state index in [1.54, 1.807) is 17.7 Å². The van der Waals surface area contributed by atoms with Crippen LogP contribution in [-0.4, -0.2) is 21.3 Å². The molecular weight excluding hydrogens is 312 g/mol. The minimum atomic E-state index is 0.298. The maximum absolute atomic E-state index is 4.34. The van der Waals surface area contributed by atoms with Crippen LogP contribution in [0.15, 0.2) is 21.6 Å². The van der Waals surface area contributed by atoms with E-state index in [2.05, 4.69) is 56.6 Å². The molecule has 1 N–H and O–H groups in total. The predicted molar refractivity (Wildman–Crippen MR) is 77.8 cm³/mol. The highest BCUT2D eigenvalue weighted by Gasteiger charge is 2.15. The van der Waals surface area contributed by atoms with Gasteiger partial charge in [0.2, 0.25) is 0 Å². The minimum Gasteiger partial charge on any atom is -0.310 e. The predicted octanol–water partition coefficient (Wildman–Crippen LogP) is 3.02. The molecule has 1 unspecified atom stereocenters. The van der Waals surface area contributed by atoms with Gasteiger partial charge in [-0.3, -0.25) is 4.68 Å². The fourth-order valence-electron chi connectivity index (χ4n) is 1.95. The third-order valence-electron chi connectivity index (χ3n) is 2.82. The van der Waals surface area contributed by atoms with Gasteiger partial charge in [-0.05, 0) is 46.4 Å². The highest BCUT2D eigenvalue weighted by molar-refractivity contribution is 9.11. The smallest absolute Gasteiger partial charge is 0.138 e. The van der Waals surface area contributed by atoms with Crippen molar-refractivity contribution in [1.82, 2.24) is 20.1 Å². The first-order valence-corrected chi connectivity index (χ1v) is 7.75. The van der Waals surface area contributed by atoms with Gasteiger partial charge in [-0.25, -0.2) is 4.98 Å². The van der Waals surface area contributed by atoms with E-state index >= 15 is 0 Å². The molecule has 2 aromatic rings. The molecule has 0 aliphatic carbocycles. The highest BCUT2D eigenvalue weighted by Crippen LogP contribution is 2.27. The van der Waals surface area contributed by atoms with E-state index in [4.69, 9.17) is 0 Å². The van der Waals surface area contributed by atoms with E-state index in [9.17, 15) is 0 Å². The fourth-order valence-corrected chi connectivity index (χ4v) is 3.18. The molecule has 98 valence electrons. The Morgan fingerprint density at radius 2 is 2.33 bits per heavy atom. The standard InChI is InChI=1S/C12H17BrN4S/c1-3-14-10(9-5-11(13)18-7-9)6-12-15-8-16-17(12)4-2/h5,7-8,10,14H,3-4,6H2,1-2H3. The van der Waals surface area contributed by atoms with Gasteiger partial charge in [-0.1, -0.05) is 6.92 Å². The Kier molecular flexibility index (Phi) is 4.91. The third kappa shape index (κ3) is 3.18. The summed E-state index contributed by atoms with van der Waals surface area (Å²) in [5.74, 6) is 1.03. The van der Waals surface area contributed by atoms with Gasteiger partial charge < -0.3 is 5.32 Å². The average Bonchev–Trinajstić information content (AvgIpc) is 2.97. The normalized spacial score (nSPS) is 12.8. The molecule has 0 spiro atoms. The quantitative estimate of drug-likeness (QED) is 0.886. The lowest BCUT2D eigenvalue weighted by Gasteiger charge is -2.16. The number of rotatable bonds is 6. The molecule has 0 bridgehead atoms. The molecule has 0 radical (unpaired) electrons. The van der Waals surface area contributed by atoms with Crippen LogP contribution in [0.2, 0.25) is 0 Å². The lowest BCUT2D eigenvalue weighted by molar-refractivity contribution is 0.510. The zero-order chi connectivity index (χ0) is 13.0. The summed E-state index contributed by atoms with van der Waals surface area (Å²) in [5.41, 5.74) is 1.30. The molecule has 0 amide bonds. The summed E-state index contributed by atoms with van der Waals surface area (Å²) >= 11 is 5.23. The van der Waals surface area contributed by atoms with Crippen molar-refractivity contribution in [1.29, 1.82) is 0 Å². The second kappa shape index (κ2) is 6.45. The zero-order valence-electron chi connectivity index (χ0n) is 10.6. The first-order chi connectivity index (χ1) is 8.74. The van der Waals surface area contributed by atoms with E-state index < -0.39 is 0 Å². The average molecular weight is 329 g/mol. The Morgan fingerprint density at radius 1 is 1.50 bits per heavy atom. The van der Waals surface area contributed by atoms with E-state index in [0.29, 0.717) is 6.04 Å². The molecule has 0 aliphatic rings. The summed E-state index contributed by atoms with van der Waals surface area (Å²) in [4.78, 5) is 4.34. The van der Waals surface area contributed by atoms with Gasteiger partial charge >= 0.3 is 0 Å². The molecule has 4 nitrogen and oxygen atoms in total. The van der Waals surface area contributed by atoms with Crippen LogP contribution in [-0.2, 0) is 13.0 Å². The number of hydrogen-bond acceptors (Lipinski definition) is 4. The molecule has 18 heavy (non-hydrogen) atoms. The van der Waals surface area contributed by atoms with Crippen molar-refractivity contribution in [3.63, 3.8) is 0 Å². The number of hydrogen-bond donors (Lipinski definition) is 1. The summed E-state index contributed by atoms with van der Waals surface area (Å²) < 4.78 is 3.11. The first kappa shape index (κ1) is 13.7. The van der Waals surface area contributed by atoms with Crippen molar-refractivity contribution in [2.45, 2.75) is 32.9 Å². The summed E-state index contributed by atoms with van der Waals surface area (Å²) in [6.07, 6.45) is 2.50. The Labute approximate surface area is 120 Å². The zero-order valence-corrected chi connectivity index (χ0v) is 13.0. The lowest BCUT2D eigenvalue weighted by atomic mass is 10.1. The van der Waals surface area contributed by atoms with Crippen LogP contribution in [0, 0.1) is 0 Å². The van der Waals surface area contributed by atoms with Gasteiger partial charge in [0.1, 0.15) is 12.2 Å². The van der Waals surface area contributed by atoms with Crippen LogP contribution >= 0.6 is 27.3 Å². The van der Waals surface area contributed by atoms with Crippen LogP contribution < -0.4 is 5.32 Å². The highest BCUT2D eigenvalue weighted by atomic mass is 79.9. The molecule has 0 fully saturated rings. The molecule has 0 aliphatic heterocycles.